The van der Waals surface area contributed by atoms with Crippen molar-refractivity contribution < 1.29 is 14.3 Å². The van der Waals surface area contributed by atoms with E-state index in [1.165, 1.54) is 17.6 Å². The smallest absolute Gasteiger partial charge is 0.356 e. The van der Waals surface area contributed by atoms with Gasteiger partial charge in [0.2, 0.25) is 0 Å². The molecule has 0 saturated carbocycles. The molecule has 0 amide bonds. The lowest BCUT2D eigenvalue weighted by Gasteiger charge is -2.00. The van der Waals surface area contributed by atoms with Gasteiger partial charge < -0.3 is 5.11 Å². The molecular formula is C10H5ClFNO2S. The van der Waals surface area contributed by atoms with Crippen molar-refractivity contribution in [3.8, 4) is 10.4 Å². The van der Waals surface area contributed by atoms with Crippen LogP contribution in [-0.2, 0) is 0 Å². The van der Waals surface area contributed by atoms with E-state index < -0.39 is 11.8 Å². The number of benzene rings is 1. The molecule has 0 atom stereocenters. The Morgan fingerprint density at radius 2 is 2.25 bits per heavy atom. The Morgan fingerprint density at radius 3 is 2.88 bits per heavy atom. The zero-order valence-corrected chi connectivity index (χ0v) is 9.35. The second kappa shape index (κ2) is 4.19. The van der Waals surface area contributed by atoms with E-state index >= 15 is 0 Å². The molecule has 0 spiro atoms. The van der Waals surface area contributed by atoms with Crippen LogP contribution in [0.25, 0.3) is 10.4 Å². The lowest BCUT2D eigenvalue weighted by atomic mass is 10.1. The van der Waals surface area contributed by atoms with Crippen LogP contribution in [0.15, 0.2) is 23.7 Å². The van der Waals surface area contributed by atoms with Gasteiger partial charge in [-0.05, 0) is 17.7 Å². The molecule has 3 nitrogen and oxygen atoms in total. The standard InChI is InChI=1S/C10H5ClFNO2S/c11-6-2-1-5(3-7(6)12)9-8(10(14)15)13-4-16-9/h1-4H,(H,14,15). The highest BCUT2D eigenvalue weighted by atomic mass is 35.5. The summed E-state index contributed by atoms with van der Waals surface area (Å²) < 4.78 is 13.2. The summed E-state index contributed by atoms with van der Waals surface area (Å²) in [7, 11) is 0. The number of hydrogen-bond acceptors (Lipinski definition) is 3. The van der Waals surface area contributed by atoms with Crippen LogP contribution in [0.3, 0.4) is 0 Å². The lowest BCUT2D eigenvalue weighted by Crippen LogP contribution is -1.98. The largest absolute Gasteiger partial charge is 0.476 e. The molecule has 1 N–H and O–H groups in total. The molecule has 0 fully saturated rings. The van der Waals surface area contributed by atoms with Crippen LogP contribution in [0.4, 0.5) is 4.39 Å². The van der Waals surface area contributed by atoms with Crippen molar-refractivity contribution in [2.75, 3.05) is 0 Å². The monoisotopic (exact) mass is 257 g/mol. The van der Waals surface area contributed by atoms with Gasteiger partial charge in [0.1, 0.15) is 5.82 Å². The summed E-state index contributed by atoms with van der Waals surface area (Å²) in [5.74, 6) is -1.71. The molecule has 6 heteroatoms. The molecule has 0 radical (unpaired) electrons. The van der Waals surface area contributed by atoms with Gasteiger partial charge >= 0.3 is 5.97 Å². The second-order valence-electron chi connectivity index (χ2n) is 2.96. The first-order valence-corrected chi connectivity index (χ1v) is 5.47. The van der Waals surface area contributed by atoms with Gasteiger partial charge in [-0.3, -0.25) is 0 Å². The number of halogens is 2. The maximum absolute atomic E-state index is 13.2. The van der Waals surface area contributed by atoms with E-state index in [9.17, 15) is 9.18 Å². The normalized spacial score (nSPS) is 10.4. The number of hydrogen-bond donors (Lipinski definition) is 1. The number of rotatable bonds is 2. The fourth-order valence-corrected chi connectivity index (χ4v) is 2.14. The van der Waals surface area contributed by atoms with Gasteiger partial charge in [-0.1, -0.05) is 17.7 Å². The SMILES string of the molecule is O=C(O)c1ncsc1-c1ccc(Cl)c(F)c1. The molecule has 2 aromatic rings. The fraction of sp³-hybridized carbons (Fsp3) is 0. The number of aromatic carboxylic acids is 1. The van der Waals surface area contributed by atoms with Gasteiger partial charge in [0, 0.05) is 0 Å². The molecule has 2 rings (SSSR count). The van der Waals surface area contributed by atoms with Crippen LogP contribution < -0.4 is 0 Å². The van der Waals surface area contributed by atoms with E-state index in [4.69, 9.17) is 16.7 Å². The third-order valence-corrected chi connectivity index (χ3v) is 3.13. The number of nitrogens with zero attached hydrogens (tertiary/aromatic N) is 1. The van der Waals surface area contributed by atoms with Crippen LogP contribution in [0.1, 0.15) is 10.5 Å². The molecule has 1 aromatic carbocycles. The first-order chi connectivity index (χ1) is 7.59. The highest BCUT2D eigenvalue weighted by Gasteiger charge is 2.15. The zero-order valence-electron chi connectivity index (χ0n) is 7.78. The van der Waals surface area contributed by atoms with Gasteiger partial charge in [0.25, 0.3) is 0 Å². The average Bonchev–Trinajstić information content (AvgIpc) is 2.71. The van der Waals surface area contributed by atoms with Crippen molar-refractivity contribution in [1.29, 1.82) is 0 Å². The molecular weight excluding hydrogens is 253 g/mol. The maximum atomic E-state index is 13.2. The first-order valence-electron chi connectivity index (χ1n) is 4.22. The van der Waals surface area contributed by atoms with Crippen molar-refractivity contribution in [2.45, 2.75) is 0 Å². The van der Waals surface area contributed by atoms with E-state index in [0.717, 1.165) is 11.3 Å². The summed E-state index contributed by atoms with van der Waals surface area (Å²) in [6, 6.07) is 4.14. The molecule has 0 aliphatic heterocycles. The Labute approximate surface area is 99.1 Å². The Hall–Kier alpha value is -1.46. The number of thiazole rings is 1. The lowest BCUT2D eigenvalue weighted by molar-refractivity contribution is 0.0692. The number of carbonyl (C=O) groups is 1. The Balaban J connectivity index is 2.54. The summed E-state index contributed by atoms with van der Waals surface area (Å²) in [4.78, 5) is 15.0. The fourth-order valence-electron chi connectivity index (χ4n) is 1.24. The third-order valence-electron chi connectivity index (χ3n) is 1.95. The first kappa shape index (κ1) is 11.0. The summed E-state index contributed by atoms with van der Waals surface area (Å²) in [5.41, 5.74) is 1.79. The van der Waals surface area contributed by atoms with Crippen molar-refractivity contribution in [3.63, 3.8) is 0 Å². The van der Waals surface area contributed by atoms with Crippen molar-refractivity contribution in [2.24, 2.45) is 0 Å². The molecule has 0 aliphatic rings. The van der Waals surface area contributed by atoms with Crippen molar-refractivity contribution in [3.05, 3.63) is 40.2 Å². The Morgan fingerprint density at radius 1 is 1.50 bits per heavy atom. The minimum atomic E-state index is -1.13. The quantitative estimate of drug-likeness (QED) is 0.898. The summed E-state index contributed by atoms with van der Waals surface area (Å²) in [5, 5.41) is 8.87. The summed E-state index contributed by atoms with van der Waals surface area (Å²) in [6.45, 7) is 0. The Bertz CT molecular complexity index is 556. The van der Waals surface area contributed by atoms with Gasteiger partial charge in [-0.15, -0.1) is 11.3 Å². The van der Waals surface area contributed by atoms with Gasteiger partial charge in [-0.2, -0.15) is 0 Å². The van der Waals surface area contributed by atoms with Gasteiger partial charge in [0.15, 0.2) is 5.69 Å². The van der Waals surface area contributed by atoms with Gasteiger partial charge in [0.05, 0.1) is 15.4 Å². The minimum Gasteiger partial charge on any atom is -0.476 e. The maximum Gasteiger partial charge on any atom is 0.356 e. The third kappa shape index (κ3) is 1.91. The predicted molar refractivity (Wildman–Crippen MR) is 59.5 cm³/mol. The highest BCUT2D eigenvalue weighted by Crippen LogP contribution is 2.30. The van der Waals surface area contributed by atoms with E-state index in [1.807, 2.05) is 0 Å². The predicted octanol–water partition coefficient (Wildman–Crippen LogP) is 3.30. The van der Waals surface area contributed by atoms with Crippen LogP contribution in [0.2, 0.25) is 5.02 Å². The summed E-state index contributed by atoms with van der Waals surface area (Å²) in [6.07, 6.45) is 0. The molecule has 1 heterocycles. The second-order valence-corrected chi connectivity index (χ2v) is 4.23. The average molecular weight is 258 g/mol. The molecule has 82 valence electrons. The molecule has 0 bridgehead atoms. The number of carboxylic acids is 1. The van der Waals surface area contributed by atoms with Gasteiger partial charge in [-0.25, -0.2) is 14.2 Å². The molecule has 0 saturated heterocycles. The molecule has 1 aromatic heterocycles. The van der Waals surface area contributed by atoms with Crippen molar-refractivity contribution in [1.82, 2.24) is 4.98 Å². The minimum absolute atomic E-state index is 0.00476. The Kier molecular flexibility index (Phi) is 2.89. The molecule has 0 unspecified atom stereocenters. The topological polar surface area (TPSA) is 50.2 Å². The summed E-state index contributed by atoms with van der Waals surface area (Å²) >= 11 is 6.68. The van der Waals surface area contributed by atoms with Crippen LogP contribution >= 0.6 is 22.9 Å². The van der Waals surface area contributed by atoms with E-state index in [1.54, 1.807) is 6.07 Å². The van der Waals surface area contributed by atoms with Crippen LogP contribution in [0, 0.1) is 5.82 Å². The zero-order chi connectivity index (χ0) is 11.7. The molecule has 0 aliphatic carbocycles. The highest BCUT2D eigenvalue weighted by molar-refractivity contribution is 7.13. The number of carboxylic acid groups (broad SMARTS) is 1. The molecule has 16 heavy (non-hydrogen) atoms. The number of aromatic nitrogens is 1. The van der Waals surface area contributed by atoms with Crippen LogP contribution in [0.5, 0.6) is 0 Å². The van der Waals surface area contributed by atoms with E-state index in [0.29, 0.717) is 10.4 Å². The van der Waals surface area contributed by atoms with E-state index in [2.05, 4.69) is 4.98 Å². The van der Waals surface area contributed by atoms with E-state index in [-0.39, 0.29) is 10.7 Å². The van der Waals surface area contributed by atoms with Crippen LogP contribution in [-0.4, -0.2) is 16.1 Å². The van der Waals surface area contributed by atoms with Crippen molar-refractivity contribution >= 4 is 28.9 Å².